The first-order chi connectivity index (χ1) is 6.25. The molecule has 1 fully saturated rings. The van der Waals surface area contributed by atoms with Crippen LogP contribution in [0.25, 0.3) is 0 Å². The zero-order chi connectivity index (χ0) is 9.68. The summed E-state index contributed by atoms with van der Waals surface area (Å²) in [5.74, 6) is 0.469. The molecule has 2 unspecified atom stereocenters. The fourth-order valence-corrected chi connectivity index (χ4v) is 1.77. The van der Waals surface area contributed by atoms with Crippen molar-refractivity contribution in [3.05, 3.63) is 0 Å². The van der Waals surface area contributed by atoms with Gasteiger partial charge >= 0.3 is 5.97 Å². The number of carbonyl (C=O) groups excluding carboxylic acids is 1. The first-order valence-corrected chi connectivity index (χ1v) is 5.13. The number of halogens is 1. The van der Waals surface area contributed by atoms with Gasteiger partial charge in [-0.2, -0.15) is 0 Å². The topological polar surface area (TPSA) is 38.3 Å². The van der Waals surface area contributed by atoms with Crippen molar-refractivity contribution in [1.82, 2.24) is 5.32 Å². The van der Waals surface area contributed by atoms with Gasteiger partial charge in [-0.05, 0) is 38.8 Å². The largest absolute Gasteiger partial charge is 0.466 e. The van der Waals surface area contributed by atoms with Crippen LogP contribution in [-0.4, -0.2) is 25.7 Å². The zero-order valence-corrected chi connectivity index (χ0v) is 9.73. The number of hydrogen-bond donors (Lipinski definition) is 1. The van der Waals surface area contributed by atoms with E-state index in [1.165, 1.54) is 6.42 Å². The van der Waals surface area contributed by atoms with Gasteiger partial charge in [0, 0.05) is 0 Å². The number of rotatable bonds is 3. The fraction of sp³-hybridized carbons (Fsp3) is 0.900. The van der Waals surface area contributed by atoms with Crippen LogP contribution in [0.5, 0.6) is 0 Å². The minimum Gasteiger partial charge on any atom is -0.466 e. The van der Waals surface area contributed by atoms with Crippen LogP contribution in [0, 0.1) is 11.8 Å². The van der Waals surface area contributed by atoms with E-state index in [2.05, 4.69) is 5.32 Å². The molecule has 1 heterocycles. The molecule has 4 heteroatoms. The van der Waals surface area contributed by atoms with Crippen molar-refractivity contribution in [2.45, 2.75) is 26.7 Å². The first-order valence-electron chi connectivity index (χ1n) is 5.13. The Labute approximate surface area is 92.0 Å². The number of carbonyl (C=O) groups is 1. The Hall–Kier alpha value is -0.280. The Morgan fingerprint density at radius 1 is 1.64 bits per heavy atom. The van der Waals surface area contributed by atoms with E-state index in [9.17, 15) is 4.79 Å². The Bertz CT molecular complexity index is 170. The van der Waals surface area contributed by atoms with Crippen LogP contribution in [-0.2, 0) is 9.53 Å². The van der Waals surface area contributed by atoms with Gasteiger partial charge in [0.15, 0.2) is 0 Å². The third-order valence-corrected chi connectivity index (χ3v) is 2.70. The molecule has 0 radical (unpaired) electrons. The number of nitrogens with one attached hydrogen (secondary N) is 1. The van der Waals surface area contributed by atoms with Crippen LogP contribution in [0.1, 0.15) is 26.7 Å². The third kappa shape index (κ3) is 3.84. The van der Waals surface area contributed by atoms with E-state index >= 15 is 0 Å². The maximum Gasteiger partial charge on any atom is 0.308 e. The van der Waals surface area contributed by atoms with Crippen molar-refractivity contribution >= 4 is 18.4 Å². The van der Waals surface area contributed by atoms with E-state index in [1.54, 1.807) is 0 Å². The molecule has 0 amide bonds. The Balaban J connectivity index is 0.00000169. The maximum absolute atomic E-state index is 11.4. The summed E-state index contributed by atoms with van der Waals surface area (Å²) in [5, 5.41) is 3.30. The zero-order valence-electron chi connectivity index (χ0n) is 8.91. The van der Waals surface area contributed by atoms with Gasteiger partial charge in [0.05, 0.1) is 12.5 Å². The summed E-state index contributed by atoms with van der Waals surface area (Å²) >= 11 is 0. The molecule has 84 valence electrons. The highest BCUT2D eigenvalue weighted by Crippen LogP contribution is 2.20. The Morgan fingerprint density at radius 3 is 2.86 bits per heavy atom. The predicted molar refractivity (Wildman–Crippen MR) is 58.6 cm³/mol. The lowest BCUT2D eigenvalue weighted by atomic mass is 9.87. The average Bonchev–Trinajstić information content (AvgIpc) is 2.18. The molecule has 0 aliphatic carbocycles. The summed E-state index contributed by atoms with van der Waals surface area (Å²) in [6, 6.07) is 0. The molecule has 0 spiro atoms. The van der Waals surface area contributed by atoms with E-state index in [1.807, 2.05) is 13.8 Å². The van der Waals surface area contributed by atoms with Gasteiger partial charge in [-0.3, -0.25) is 4.79 Å². The highest BCUT2D eigenvalue weighted by atomic mass is 35.5. The lowest BCUT2D eigenvalue weighted by Crippen LogP contribution is -2.36. The molecule has 1 aliphatic heterocycles. The minimum absolute atomic E-state index is 0. The molecular formula is C10H20ClNO2. The highest BCUT2D eigenvalue weighted by Gasteiger charge is 2.26. The van der Waals surface area contributed by atoms with Crippen LogP contribution in [0.15, 0.2) is 0 Å². The molecular weight excluding hydrogens is 202 g/mol. The molecule has 0 aromatic rings. The number of hydrogen-bond acceptors (Lipinski definition) is 3. The van der Waals surface area contributed by atoms with Gasteiger partial charge < -0.3 is 10.1 Å². The molecule has 14 heavy (non-hydrogen) atoms. The Kier molecular flexibility index (Phi) is 6.93. The lowest BCUT2D eigenvalue weighted by Gasteiger charge is -2.26. The summed E-state index contributed by atoms with van der Waals surface area (Å²) in [6.07, 6.45) is 2.32. The summed E-state index contributed by atoms with van der Waals surface area (Å²) in [7, 11) is 0. The number of ether oxygens (including phenoxy) is 1. The second kappa shape index (κ2) is 7.07. The van der Waals surface area contributed by atoms with E-state index in [4.69, 9.17) is 4.74 Å². The second-order valence-corrected chi connectivity index (χ2v) is 3.65. The lowest BCUT2D eigenvalue weighted by molar-refractivity contribution is -0.149. The summed E-state index contributed by atoms with van der Waals surface area (Å²) < 4.78 is 4.99. The van der Waals surface area contributed by atoms with Crippen molar-refractivity contribution in [2.75, 3.05) is 19.7 Å². The smallest absolute Gasteiger partial charge is 0.308 e. The van der Waals surface area contributed by atoms with Crippen LogP contribution >= 0.6 is 12.4 Å². The van der Waals surface area contributed by atoms with Gasteiger partial charge in [0.1, 0.15) is 0 Å². The van der Waals surface area contributed by atoms with E-state index < -0.39 is 0 Å². The van der Waals surface area contributed by atoms with E-state index in [-0.39, 0.29) is 24.3 Å². The van der Waals surface area contributed by atoms with Gasteiger partial charge in [-0.25, -0.2) is 0 Å². The molecule has 1 saturated heterocycles. The van der Waals surface area contributed by atoms with Crippen molar-refractivity contribution in [1.29, 1.82) is 0 Å². The van der Waals surface area contributed by atoms with Crippen LogP contribution in [0.4, 0.5) is 0 Å². The molecule has 0 aromatic heterocycles. The summed E-state index contributed by atoms with van der Waals surface area (Å²) in [5.41, 5.74) is 0. The highest BCUT2D eigenvalue weighted by molar-refractivity contribution is 5.85. The monoisotopic (exact) mass is 221 g/mol. The molecule has 0 saturated carbocycles. The Morgan fingerprint density at radius 2 is 2.36 bits per heavy atom. The van der Waals surface area contributed by atoms with E-state index in [0.29, 0.717) is 12.5 Å². The van der Waals surface area contributed by atoms with Crippen molar-refractivity contribution < 1.29 is 9.53 Å². The molecule has 1 N–H and O–H groups in total. The summed E-state index contributed by atoms with van der Waals surface area (Å²) in [4.78, 5) is 11.4. The molecule has 1 aliphatic rings. The van der Waals surface area contributed by atoms with Crippen molar-refractivity contribution in [2.24, 2.45) is 11.8 Å². The number of esters is 1. The molecule has 0 aromatic carbocycles. The van der Waals surface area contributed by atoms with Gasteiger partial charge in [-0.1, -0.05) is 6.92 Å². The van der Waals surface area contributed by atoms with Crippen molar-refractivity contribution in [3.63, 3.8) is 0 Å². The molecule has 0 bridgehead atoms. The number of piperidine rings is 1. The maximum atomic E-state index is 11.4. The van der Waals surface area contributed by atoms with Crippen LogP contribution < -0.4 is 5.32 Å². The molecule has 2 atom stereocenters. The van der Waals surface area contributed by atoms with Crippen LogP contribution in [0.2, 0.25) is 0 Å². The standard InChI is InChI=1S/C10H19NO2.ClH/c1-3-13-10(12)8(2)9-5-4-6-11-7-9;/h8-9,11H,3-7H2,1-2H3;1H. The van der Waals surface area contributed by atoms with Crippen molar-refractivity contribution in [3.8, 4) is 0 Å². The van der Waals surface area contributed by atoms with Crippen LogP contribution in [0.3, 0.4) is 0 Å². The quantitative estimate of drug-likeness (QED) is 0.736. The minimum atomic E-state index is -0.0452. The van der Waals surface area contributed by atoms with E-state index in [0.717, 1.165) is 19.5 Å². The first kappa shape index (κ1) is 13.7. The second-order valence-electron chi connectivity index (χ2n) is 3.65. The summed E-state index contributed by atoms with van der Waals surface area (Å²) in [6.45, 7) is 6.36. The molecule has 1 rings (SSSR count). The van der Waals surface area contributed by atoms with Gasteiger partial charge in [0.2, 0.25) is 0 Å². The third-order valence-electron chi connectivity index (χ3n) is 2.70. The predicted octanol–water partition coefficient (Wildman–Crippen LogP) is 1.61. The van der Waals surface area contributed by atoms with Gasteiger partial charge in [0.25, 0.3) is 0 Å². The normalized spacial score (nSPS) is 23.4. The average molecular weight is 222 g/mol. The van der Waals surface area contributed by atoms with Gasteiger partial charge in [-0.15, -0.1) is 12.4 Å². The fourth-order valence-electron chi connectivity index (χ4n) is 1.77. The SMILES string of the molecule is CCOC(=O)C(C)C1CCCNC1.Cl. The molecule has 3 nitrogen and oxygen atoms in total.